The Hall–Kier alpha value is -1.10. The highest BCUT2D eigenvalue weighted by molar-refractivity contribution is 9.10. The van der Waals surface area contributed by atoms with E-state index < -0.39 is 5.82 Å². The molecule has 0 radical (unpaired) electrons. The molecule has 0 aliphatic carbocycles. The van der Waals surface area contributed by atoms with Crippen LogP contribution in [-0.4, -0.2) is 19.0 Å². The molecule has 0 fully saturated rings. The van der Waals surface area contributed by atoms with E-state index in [4.69, 9.17) is 9.47 Å². The Morgan fingerprint density at radius 3 is 2.80 bits per heavy atom. The predicted molar refractivity (Wildman–Crippen MR) is 55.1 cm³/mol. The van der Waals surface area contributed by atoms with Crippen LogP contribution in [0.25, 0.3) is 0 Å². The Morgan fingerprint density at radius 2 is 2.13 bits per heavy atom. The van der Waals surface area contributed by atoms with Crippen LogP contribution in [0.15, 0.2) is 10.5 Å². The van der Waals surface area contributed by atoms with Crippen LogP contribution >= 0.6 is 15.9 Å². The van der Waals surface area contributed by atoms with E-state index in [1.54, 1.807) is 0 Å². The van der Waals surface area contributed by atoms with Gasteiger partial charge >= 0.3 is 0 Å². The van der Waals surface area contributed by atoms with Gasteiger partial charge in [-0.3, -0.25) is 4.79 Å². The van der Waals surface area contributed by atoms with Crippen LogP contribution in [0.4, 0.5) is 4.39 Å². The highest BCUT2D eigenvalue weighted by atomic mass is 79.9. The van der Waals surface area contributed by atoms with Gasteiger partial charge in [0.05, 0.1) is 10.0 Å². The second kappa shape index (κ2) is 3.81. The molecule has 1 aliphatic rings. The maximum absolute atomic E-state index is 13.6. The summed E-state index contributed by atoms with van der Waals surface area (Å²) in [5.41, 5.74) is 0.00567. The average Bonchev–Trinajstić information content (AvgIpc) is 2.23. The molecule has 15 heavy (non-hydrogen) atoms. The van der Waals surface area contributed by atoms with Crippen LogP contribution in [0.2, 0.25) is 0 Å². The van der Waals surface area contributed by atoms with E-state index in [1.807, 2.05) is 0 Å². The number of ether oxygens (including phenoxy) is 2. The summed E-state index contributed by atoms with van der Waals surface area (Å²) < 4.78 is 24.3. The second-order valence-electron chi connectivity index (χ2n) is 3.13. The third-order valence-corrected chi connectivity index (χ3v) is 2.80. The Morgan fingerprint density at radius 1 is 1.47 bits per heavy atom. The lowest BCUT2D eigenvalue weighted by atomic mass is 10.1. The molecule has 0 unspecified atom stereocenters. The van der Waals surface area contributed by atoms with Gasteiger partial charge in [-0.1, -0.05) is 0 Å². The normalized spacial score (nSPS) is 13.8. The minimum Gasteiger partial charge on any atom is -0.486 e. The quantitative estimate of drug-likeness (QED) is 0.739. The van der Waals surface area contributed by atoms with Crippen LogP contribution in [0.1, 0.15) is 17.3 Å². The van der Waals surface area contributed by atoms with Crippen molar-refractivity contribution in [1.29, 1.82) is 0 Å². The number of carbonyl (C=O) groups excluding carboxylic acids is 1. The maximum Gasteiger partial charge on any atom is 0.178 e. The highest BCUT2D eigenvalue weighted by Crippen LogP contribution is 2.40. The Balaban J connectivity index is 2.63. The molecule has 0 bridgehead atoms. The standard InChI is InChI=1S/C10H8BrFO3/c1-5(13)6-4-7-10(8(11)9(6)12)15-3-2-14-7/h4H,2-3H2,1H3. The third kappa shape index (κ3) is 1.71. The number of fused-ring (bicyclic) bond motifs is 1. The van der Waals surface area contributed by atoms with Crippen molar-refractivity contribution in [3.05, 3.63) is 21.9 Å². The topological polar surface area (TPSA) is 35.5 Å². The van der Waals surface area contributed by atoms with Crippen molar-refractivity contribution in [2.24, 2.45) is 0 Å². The summed E-state index contributed by atoms with van der Waals surface area (Å²) in [4.78, 5) is 11.1. The molecular weight excluding hydrogens is 267 g/mol. The lowest BCUT2D eigenvalue weighted by Crippen LogP contribution is -2.17. The largest absolute Gasteiger partial charge is 0.486 e. The van der Waals surface area contributed by atoms with Gasteiger partial charge in [0.2, 0.25) is 0 Å². The third-order valence-electron chi connectivity index (χ3n) is 2.09. The maximum atomic E-state index is 13.6. The first-order chi connectivity index (χ1) is 7.11. The number of halogens is 2. The molecule has 3 nitrogen and oxygen atoms in total. The van der Waals surface area contributed by atoms with Gasteiger partial charge in [0.1, 0.15) is 13.2 Å². The molecule has 1 aliphatic heterocycles. The van der Waals surface area contributed by atoms with Crippen molar-refractivity contribution in [3.8, 4) is 11.5 Å². The Labute approximate surface area is 94.3 Å². The zero-order valence-corrected chi connectivity index (χ0v) is 9.56. The summed E-state index contributed by atoms with van der Waals surface area (Å²) >= 11 is 3.05. The smallest absolute Gasteiger partial charge is 0.178 e. The van der Waals surface area contributed by atoms with Gasteiger partial charge in [-0.05, 0) is 28.9 Å². The van der Waals surface area contributed by atoms with Gasteiger partial charge in [-0.15, -0.1) is 0 Å². The lowest BCUT2D eigenvalue weighted by Gasteiger charge is -2.20. The molecule has 1 aromatic carbocycles. The van der Waals surface area contributed by atoms with E-state index in [1.165, 1.54) is 13.0 Å². The molecule has 1 heterocycles. The molecule has 0 saturated heterocycles. The fourth-order valence-electron chi connectivity index (χ4n) is 1.38. The molecule has 80 valence electrons. The molecule has 1 aromatic rings. The molecule has 0 amide bonds. The summed E-state index contributed by atoms with van der Waals surface area (Å²) in [5, 5.41) is 0. The first-order valence-electron chi connectivity index (χ1n) is 4.40. The number of Topliss-reactive ketones (excluding diaryl/α,β-unsaturated/α-hetero) is 1. The van der Waals surface area contributed by atoms with E-state index in [0.29, 0.717) is 24.7 Å². The van der Waals surface area contributed by atoms with Crippen molar-refractivity contribution >= 4 is 21.7 Å². The van der Waals surface area contributed by atoms with E-state index in [9.17, 15) is 9.18 Å². The zero-order valence-electron chi connectivity index (χ0n) is 7.97. The molecule has 0 saturated carbocycles. The van der Waals surface area contributed by atoms with Gasteiger partial charge in [0.15, 0.2) is 23.1 Å². The van der Waals surface area contributed by atoms with Crippen LogP contribution in [0.5, 0.6) is 11.5 Å². The van der Waals surface area contributed by atoms with Gasteiger partial charge in [-0.2, -0.15) is 0 Å². The second-order valence-corrected chi connectivity index (χ2v) is 3.93. The minimum absolute atomic E-state index is 0.00567. The van der Waals surface area contributed by atoms with Crippen LogP contribution in [0.3, 0.4) is 0 Å². The average molecular weight is 275 g/mol. The molecule has 5 heteroatoms. The summed E-state index contributed by atoms with van der Waals surface area (Å²) in [5.74, 6) is -0.222. The first kappa shape index (κ1) is 10.4. The first-order valence-corrected chi connectivity index (χ1v) is 5.19. The van der Waals surface area contributed by atoms with Gasteiger partial charge in [-0.25, -0.2) is 4.39 Å². The summed E-state index contributed by atoms with van der Waals surface area (Å²) in [6.45, 7) is 2.09. The summed E-state index contributed by atoms with van der Waals surface area (Å²) in [7, 11) is 0. The number of carbonyl (C=O) groups is 1. The predicted octanol–water partition coefficient (Wildman–Crippen LogP) is 2.56. The fourth-order valence-corrected chi connectivity index (χ4v) is 1.90. The van der Waals surface area contributed by atoms with Crippen molar-refractivity contribution in [3.63, 3.8) is 0 Å². The monoisotopic (exact) mass is 274 g/mol. The molecule has 0 N–H and O–H groups in total. The van der Waals surface area contributed by atoms with Crippen LogP contribution in [-0.2, 0) is 0 Å². The van der Waals surface area contributed by atoms with Crippen molar-refractivity contribution in [1.82, 2.24) is 0 Å². The van der Waals surface area contributed by atoms with E-state index in [2.05, 4.69) is 15.9 Å². The fraction of sp³-hybridized carbons (Fsp3) is 0.300. The SMILES string of the molecule is CC(=O)c1cc2c(c(Br)c1F)OCCO2. The molecule has 0 spiro atoms. The zero-order chi connectivity index (χ0) is 11.0. The molecule has 0 atom stereocenters. The van der Waals surface area contributed by atoms with E-state index in [-0.39, 0.29) is 15.8 Å². The van der Waals surface area contributed by atoms with E-state index >= 15 is 0 Å². The van der Waals surface area contributed by atoms with Gasteiger partial charge in [0.25, 0.3) is 0 Å². The molecular formula is C10H8BrFO3. The summed E-state index contributed by atoms with van der Waals surface area (Å²) in [6.07, 6.45) is 0. The number of rotatable bonds is 1. The molecule has 0 aromatic heterocycles. The van der Waals surface area contributed by atoms with Crippen molar-refractivity contribution < 1.29 is 18.7 Å². The Kier molecular flexibility index (Phi) is 2.65. The number of hydrogen-bond acceptors (Lipinski definition) is 3. The van der Waals surface area contributed by atoms with E-state index in [0.717, 1.165) is 0 Å². The van der Waals surface area contributed by atoms with Gasteiger partial charge in [0, 0.05) is 0 Å². The number of hydrogen-bond donors (Lipinski definition) is 0. The summed E-state index contributed by atoms with van der Waals surface area (Å²) in [6, 6.07) is 1.37. The molecule has 2 rings (SSSR count). The van der Waals surface area contributed by atoms with Crippen LogP contribution in [0, 0.1) is 5.82 Å². The van der Waals surface area contributed by atoms with Gasteiger partial charge < -0.3 is 9.47 Å². The Bertz CT molecular complexity index is 431. The number of benzene rings is 1. The number of ketones is 1. The van der Waals surface area contributed by atoms with Crippen molar-refractivity contribution in [2.45, 2.75) is 6.92 Å². The minimum atomic E-state index is -0.605. The van der Waals surface area contributed by atoms with Crippen molar-refractivity contribution in [2.75, 3.05) is 13.2 Å². The highest BCUT2D eigenvalue weighted by Gasteiger charge is 2.23. The van der Waals surface area contributed by atoms with Crippen LogP contribution < -0.4 is 9.47 Å². The lowest BCUT2D eigenvalue weighted by molar-refractivity contribution is 0.101.